The van der Waals surface area contributed by atoms with Gasteiger partial charge in [0.25, 0.3) is 10.2 Å². The van der Waals surface area contributed by atoms with Gasteiger partial charge in [-0.1, -0.05) is 25.0 Å². The Hall–Kier alpha value is -1.64. The molecule has 150 valence electrons. The number of nitrogens with one attached hydrogen (secondary N) is 1. The lowest BCUT2D eigenvalue weighted by Crippen LogP contribution is -2.54. The van der Waals surface area contributed by atoms with Crippen molar-refractivity contribution in [1.82, 2.24) is 13.9 Å². The van der Waals surface area contributed by atoms with E-state index in [1.165, 1.54) is 4.31 Å². The monoisotopic (exact) mass is 395 g/mol. The molecule has 7 nitrogen and oxygen atoms in total. The molecular weight excluding hydrogens is 366 g/mol. The number of hydrogen-bond acceptors (Lipinski definition) is 4. The summed E-state index contributed by atoms with van der Waals surface area (Å²) >= 11 is 0. The van der Waals surface area contributed by atoms with Crippen molar-refractivity contribution in [2.45, 2.75) is 44.6 Å². The first-order chi connectivity index (χ1) is 13.0. The van der Waals surface area contributed by atoms with Crippen LogP contribution in [0.5, 0.6) is 5.75 Å². The molecule has 1 saturated carbocycles. The number of hydrogen-bond donors (Lipinski definition) is 1. The standard InChI is InChI=1S/C19H29N3O4S/c1-26-18-9-6-16(7-10-18)8-11-19(23)21-12-14-22(15-13-21)27(24,25)20-17-4-2-3-5-17/h6-7,9-10,17,20H,2-5,8,11-15H2,1H3. The van der Waals surface area contributed by atoms with Gasteiger partial charge in [0.05, 0.1) is 7.11 Å². The number of nitrogens with zero attached hydrogens (tertiary/aromatic N) is 2. The van der Waals surface area contributed by atoms with Gasteiger partial charge in [0, 0.05) is 38.6 Å². The van der Waals surface area contributed by atoms with Crippen LogP contribution in [-0.4, -0.2) is 62.9 Å². The molecule has 1 aromatic rings. The lowest BCUT2D eigenvalue weighted by Gasteiger charge is -2.34. The third-order valence-electron chi connectivity index (χ3n) is 5.39. The van der Waals surface area contributed by atoms with Crippen molar-refractivity contribution in [1.29, 1.82) is 0 Å². The minimum atomic E-state index is -3.44. The minimum Gasteiger partial charge on any atom is -0.497 e. The quantitative estimate of drug-likeness (QED) is 0.760. The third-order valence-corrected chi connectivity index (χ3v) is 7.06. The Balaban J connectivity index is 1.44. The van der Waals surface area contributed by atoms with E-state index in [9.17, 15) is 13.2 Å². The molecule has 0 unspecified atom stereocenters. The van der Waals surface area contributed by atoms with Crippen LogP contribution >= 0.6 is 0 Å². The molecule has 0 atom stereocenters. The maximum absolute atomic E-state index is 12.5. The van der Waals surface area contributed by atoms with E-state index in [2.05, 4.69) is 4.72 Å². The summed E-state index contributed by atoms with van der Waals surface area (Å²) in [5.41, 5.74) is 1.09. The molecule has 1 N–H and O–H groups in total. The Morgan fingerprint density at radius 2 is 1.74 bits per heavy atom. The van der Waals surface area contributed by atoms with Crippen LogP contribution < -0.4 is 9.46 Å². The lowest BCUT2D eigenvalue weighted by molar-refractivity contribution is -0.132. The number of ether oxygens (including phenoxy) is 1. The lowest BCUT2D eigenvalue weighted by atomic mass is 10.1. The normalized spacial score (nSPS) is 19.4. The van der Waals surface area contributed by atoms with Gasteiger partial charge in [0.1, 0.15) is 5.75 Å². The molecule has 0 spiro atoms. The number of benzene rings is 1. The Bertz CT molecular complexity index is 722. The number of carbonyl (C=O) groups excluding carboxylic acids is 1. The van der Waals surface area contributed by atoms with Crippen molar-refractivity contribution < 1.29 is 17.9 Å². The van der Waals surface area contributed by atoms with Crippen molar-refractivity contribution in [2.24, 2.45) is 0 Å². The summed E-state index contributed by atoms with van der Waals surface area (Å²) in [6.07, 6.45) is 5.11. The van der Waals surface area contributed by atoms with E-state index in [1.807, 2.05) is 24.3 Å². The van der Waals surface area contributed by atoms with Crippen LogP contribution in [0.3, 0.4) is 0 Å². The van der Waals surface area contributed by atoms with E-state index >= 15 is 0 Å². The van der Waals surface area contributed by atoms with Gasteiger partial charge in [-0.25, -0.2) is 0 Å². The molecule has 0 bridgehead atoms. The summed E-state index contributed by atoms with van der Waals surface area (Å²) in [6.45, 7) is 1.62. The molecule has 2 aliphatic rings. The Morgan fingerprint density at radius 3 is 2.33 bits per heavy atom. The maximum atomic E-state index is 12.5. The fourth-order valence-corrected chi connectivity index (χ4v) is 5.16. The van der Waals surface area contributed by atoms with Gasteiger partial charge in [-0.2, -0.15) is 17.4 Å². The van der Waals surface area contributed by atoms with Gasteiger partial charge in [-0.3, -0.25) is 4.79 Å². The summed E-state index contributed by atoms with van der Waals surface area (Å²) < 4.78 is 34.4. The molecule has 2 fully saturated rings. The first-order valence-corrected chi connectivity index (χ1v) is 11.1. The molecule has 1 aliphatic heterocycles. The fraction of sp³-hybridized carbons (Fsp3) is 0.632. The highest BCUT2D eigenvalue weighted by Gasteiger charge is 2.31. The Kier molecular flexibility index (Phi) is 6.73. The van der Waals surface area contributed by atoms with E-state index in [0.29, 0.717) is 39.0 Å². The van der Waals surface area contributed by atoms with Crippen molar-refractivity contribution in [2.75, 3.05) is 33.3 Å². The van der Waals surface area contributed by atoms with Crippen LogP contribution in [0, 0.1) is 0 Å². The van der Waals surface area contributed by atoms with Gasteiger partial charge < -0.3 is 9.64 Å². The molecule has 8 heteroatoms. The summed E-state index contributed by atoms with van der Waals surface area (Å²) in [4.78, 5) is 14.2. The highest BCUT2D eigenvalue weighted by molar-refractivity contribution is 7.87. The Labute approximate surface area is 161 Å². The zero-order valence-electron chi connectivity index (χ0n) is 15.9. The first-order valence-electron chi connectivity index (χ1n) is 9.66. The molecule has 1 aromatic carbocycles. The molecular formula is C19H29N3O4S. The van der Waals surface area contributed by atoms with Crippen LogP contribution in [0.2, 0.25) is 0 Å². The molecule has 1 amide bonds. The zero-order chi connectivity index (χ0) is 19.3. The van der Waals surface area contributed by atoms with Gasteiger partial charge in [-0.05, 0) is 37.0 Å². The van der Waals surface area contributed by atoms with Crippen LogP contribution in [0.4, 0.5) is 0 Å². The number of aryl methyl sites for hydroxylation is 1. The van der Waals surface area contributed by atoms with Crippen molar-refractivity contribution in [3.05, 3.63) is 29.8 Å². The molecule has 27 heavy (non-hydrogen) atoms. The largest absolute Gasteiger partial charge is 0.497 e. The molecule has 1 heterocycles. The predicted molar refractivity (Wildman–Crippen MR) is 104 cm³/mol. The average Bonchev–Trinajstić information content (AvgIpc) is 3.19. The first kappa shape index (κ1) is 20.1. The third kappa shape index (κ3) is 5.43. The molecule has 1 aliphatic carbocycles. The van der Waals surface area contributed by atoms with E-state index < -0.39 is 10.2 Å². The number of rotatable bonds is 7. The molecule has 3 rings (SSSR count). The predicted octanol–water partition coefficient (Wildman–Crippen LogP) is 1.55. The van der Waals surface area contributed by atoms with Gasteiger partial charge in [-0.15, -0.1) is 0 Å². The highest BCUT2D eigenvalue weighted by Crippen LogP contribution is 2.20. The molecule has 1 saturated heterocycles. The number of amides is 1. The minimum absolute atomic E-state index is 0.0687. The topological polar surface area (TPSA) is 79.0 Å². The zero-order valence-corrected chi connectivity index (χ0v) is 16.7. The number of methoxy groups -OCH3 is 1. The van der Waals surface area contributed by atoms with Crippen LogP contribution in [0.25, 0.3) is 0 Å². The number of carbonyl (C=O) groups is 1. The van der Waals surface area contributed by atoms with Crippen molar-refractivity contribution in [3.63, 3.8) is 0 Å². The Morgan fingerprint density at radius 1 is 1.11 bits per heavy atom. The van der Waals surface area contributed by atoms with Crippen LogP contribution in [0.15, 0.2) is 24.3 Å². The second kappa shape index (κ2) is 9.03. The second-order valence-electron chi connectivity index (χ2n) is 7.23. The average molecular weight is 396 g/mol. The second-order valence-corrected chi connectivity index (χ2v) is 8.93. The smallest absolute Gasteiger partial charge is 0.279 e. The fourth-order valence-electron chi connectivity index (χ4n) is 3.71. The van der Waals surface area contributed by atoms with E-state index in [-0.39, 0.29) is 11.9 Å². The van der Waals surface area contributed by atoms with Crippen LogP contribution in [0.1, 0.15) is 37.7 Å². The highest BCUT2D eigenvalue weighted by atomic mass is 32.2. The van der Waals surface area contributed by atoms with Crippen molar-refractivity contribution >= 4 is 16.1 Å². The van der Waals surface area contributed by atoms with E-state index in [0.717, 1.165) is 37.0 Å². The maximum Gasteiger partial charge on any atom is 0.279 e. The summed E-state index contributed by atoms with van der Waals surface area (Å²) in [5.74, 6) is 0.875. The summed E-state index contributed by atoms with van der Waals surface area (Å²) in [7, 11) is -1.82. The van der Waals surface area contributed by atoms with Gasteiger partial charge in [0.15, 0.2) is 0 Å². The van der Waals surface area contributed by atoms with E-state index in [4.69, 9.17) is 4.74 Å². The summed E-state index contributed by atoms with van der Waals surface area (Å²) in [5, 5.41) is 0. The molecule has 0 radical (unpaired) electrons. The molecule has 0 aromatic heterocycles. The number of piperazine rings is 1. The van der Waals surface area contributed by atoms with Crippen molar-refractivity contribution in [3.8, 4) is 5.75 Å². The summed E-state index contributed by atoms with van der Waals surface area (Å²) in [6, 6.07) is 7.78. The van der Waals surface area contributed by atoms with Gasteiger partial charge >= 0.3 is 0 Å². The van der Waals surface area contributed by atoms with Crippen LogP contribution in [-0.2, 0) is 21.4 Å². The van der Waals surface area contributed by atoms with E-state index in [1.54, 1.807) is 12.0 Å². The SMILES string of the molecule is COc1ccc(CCC(=O)N2CCN(S(=O)(=O)NC3CCCC3)CC2)cc1. The van der Waals surface area contributed by atoms with Gasteiger partial charge in [0.2, 0.25) is 5.91 Å².